The van der Waals surface area contributed by atoms with Gasteiger partial charge in [-0.25, -0.2) is 13.1 Å². The van der Waals surface area contributed by atoms with Gasteiger partial charge in [0.15, 0.2) is 0 Å². The molecule has 0 fully saturated rings. The number of hydrogen-bond donors (Lipinski definition) is 2. The van der Waals surface area contributed by atoms with Crippen molar-refractivity contribution in [1.82, 2.24) is 10.0 Å². The third-order valence-corrected chi connectivity index (χ3v) is 4.27. The summed E-state index contributed by atoms with van der Waals surface area (Å²) in [5.74, 6) is 1.16. The second kappa shape index (κ2) is 9.19. The standard InChI is InChI=1S/C14H26N2O4S/c1-12(2)5-4-8-16-21(17,18)14-7-6-13(20-14)11-15-9-10-19-3/h6-7,12,15-16H,4-5,8-11H2,1-3H3. The fourth-order valence-electron chi connectivity index (χ4n) is 1.77. The highest BCUT2D eigenvalue weighted by Crippen LogP contribution is 2.14. The van der Waals surface area contributed by atoms with E-state index >= 15 is 0 Å². The number of rotatable bonds is 11. The summed E-state index contributed by atoms with van der Waals surface area (Å²) < 4.78 is 36.9. The van der Waals surface area contributed by atoms with E-state index in [1.54, 1.807) is 13.2 Å². The van der Waals surface area contributed by atoms with Gasteiger partial charge < -0.3 is 14.5 Å². The van der Waals surface area contributed by atoms with Crippen LogP contribution < -0.4 is 10.0 Å². The summed E-state index contributed by atoms with van der Waals surface area (Å²) in [6.07, 6.45) is 1.82. The van der Waals surface area contributed by atoms with Crippen molar-refractivity contribution in [1.29, 1.82) is 0 Å². The lowest BCUT2D eigenvalue weighted by atomic mass is 10.1. The Kier molecular flexibility index (Phi) is 7.95. The highest BCUT2D eigenvalue weighted by Gasteiger charge is 2.18. The summed E-state index contributed by atoms with van der Waals surface area (Å²) in [5, 5.41) is 3.07. The van der Waals surface area contributed by atoms with Gasteiger partial charge in [-0.1, -0.05) is 13.8 Å². The quantitative estimate of drug-likeness (QED) is 0.607. The van der Waals surface area contributed by atoms with Crippen LogP contribution in [0.25, 0.3) is 0 Å². The fourth-order valence-corrected chi connectivity index (χ4v) is 2.79. The van der Waals surface area contributed by atoms with Crippen molar-refractivity contribution in [2.75, 3.05) is 26.8 Å². The Morgan fingerprint density at radius 3 is 2.71 bits per heavy atom. The van der Waals surface area contributed by atoms with E-state index in [0.717, 1.165) is 12.8 Å². The van der Waals surface area contributed by atoms with Crippen LogP contribution in [0.2, 0.25) is 0 Å². The fraction of sp³-hybridized carbons (Fsp3) is 0.714. The molecule has 0 spiro atoms. The van der Waals surface area contributed by atoms with Crippen LogP contribution in [0, 0.1) is 5.92 Å². The second-order valence-corrected chi connectivity index (χ2v) is 7.02. The molecule has 0 atom stereocenters. The van der Waals surface area contributed by atoms with Gasteiger partial charge in [-0.15, -0.1) is 0 Å². The molecule has 0 aromatic carbocycles. The molecular weight excluding hydrogens is 292 g/mol. The molecule has 0 saturated heterocycles. The predicted molar refractivity (Wildman–Crippen MR) is 81.6 cm³/mol. The van der Waals surface area contributed by atoms with Gasteiger partial charge in [0.2, 0.25) is 5.09 Å². The average Bonchev–Trinajstić information content (AvgIpc) is 2.89. The maximum absolute atomic E-state index is 12.0. The SMILES string of the molecule is COCCNCc1ccc(S(=O)(=O)NCCCC(C)C)o1. The minimum atomic E-state index is -3.54. The van der Waals surface area contributed by atoms with Gasteiger partial charge >= 0.3 is 0 Å². The van der Waals surface area contributed by atoms with Crippen LogP contribution in [0.4, 0.5) is 0 Å². The summed E-state index contributed by atoms with van der Waals surface area (Å²) in [6, 6.07) is 3.15. The van der Waals surface area contributed by atoms with Gasteiger partial charge in [0, 0.05) is 20.2 Å². The number of nitrogens with one attached hydrogen (secondary N) is 2. The van der Waals surface area contributed by atoms with Crippen molar-refractivity contribution < 1.29 is 17.6 Å². The smallest absolute Gasteiger partial charge is 0.273 e. The first-order valence-corrected chi connectivity index (χ1v) is 8.72. The van der Waals surface area contributed by atoms with Crippen LogP contribution in [-0.4, -0.2) is 35.2 Å². The van der Waals surface area contributed by atoms with Gasteiger partial charge in [0.05, 0.1) is 13.2 Å². The molecule has 0 aliphatic heterocycles. The minimum absolute atomic E-state index is 0.0319. The zero-order valence-corrected chi connectivity index (χ0v) is 13.8. The summed E-state index contributed by atoms with van der Waals surface area (Å²) >= 11 is 0. The average molecular weight is 318 g/mol. The summed E-state index contributed by atoms with van der Waals surface area (Å²) in [5.41, 5.74) is 0. The molecule has 0 saturated carbocycles. The highest BCUT2D eigenvalue weighted by molar-refractivity contribution is 7.89. The molecule has 0 amide bonds. The van der Waals surface area contributed by atoms with E-state index in [0.29, 0.717) is 37.9 Å². The first-order valence-electron chi connectivity index (χ1n) is 7.23. The maximum Gasteiger partial charge on any atom is 0.273 e. The Labute approximate surface area is 127 Å². The topological polar surface area (TPSA) is 80.6 Å². The molecule has 122 valence electrons. The van der Waals surface area contributed by atoms with Crippen molar-refractivity contribution in [2.45, 2.75) is 38.3 Å². The molecule has 2 N–H and O–H groups in total. The predicted octanol–water partition coefficient (Wildman–Crippen LogP) is 1.73. The first-order chi connectivity index (χ1) is 9.95. The molecule has 0 radical (unpaired) electrons. The van der Waals surface area contributed by atoms with E-state index in [1.165, 1.54) is 6.07 Å². The monoisotopic (exact) mass is 318 g/mol. The minimum Gasteiger partial charge on any atom is -0.447 e. The van der Waals surface area contributed by atoms with Gasteiger partial charge in [-0.3, -0.25) is 0 Å². The van der Waals surface area contributed by atoms with E-state index in [4.69, 9.17) is 9.15 Å². The van der Waals surface area contributed by atoms with E-state index in [1.807, 2.05) is 0 Å². The summed E-state index contributed by atoms with van der Waals surface area (Å²) in [7, 11) is -1.91. The van der Waals surface area contributed by atoms with Gasteiger partial charge in [-0.05, 0) is 30.9 Å². The molecule has 7 heteroatoms. The Balaban J connectivity index is 2.42. The van der Waals surface area contributed by atoms with Crippen LogP contribution in [0.5, 0.6) is 0 Å². The molecule has 0 unspecified atom stereocenters. The van der Waals surface area contributed by atoms with Crippen molar-refractivity contribution in [3.8, 4) is 0 Å². The molecule has 0 aliphatic rings. The first kappa shape index (κ1) is 18.2. The molecule has 1 aromatic heterocycles. The van der Waals surface area contributed by atoms with Crippen LogP contribution in [0.1, 0.15) is 32.4 Å². The Morgan fingerprint density at radius 1 is 1.29 bits per heavy atom. The maximum atomic E-state index is 12.0. The second-order valence-electron chi connectivity index (χ2n) is 5.32. The van der Waals surface area contributed by atoms with E-state index in [2.05, 4.69) is 23.9 Å². The van der Waals surface area contributed by atoms with Crippen LogP contribution in [0.3, 0.4) is 0 Å². The lowest BCUT2D eigenvalue weighted by Gasteiger charge is -2.06. The number of hydrogen-bond acceptors (Lipinski definition) is 5. The molecule has 1 rings (SSSR count). The Morgan fingerprint density at radius 2 is 2.05 bits per heavy atom. The van der Waals surface area contributed by atoms with Crippen molar-refractivity contribution in [3.05, 3.63) is 17.9 Å². The Bertz CT molecular complexity index is 497. The van der Waals surface area contributed by atoms with Crippen molar-refractivity contribution in [3.63, 3.8) is 0 Å². The van der Waals surface area contributed by atoms with Gasteiger partial charge in [-0.2, -0.15) is 0 Å². The zero-order chi connectivity index (χ0) is 15.7. The number of sulfonamides is 1. The molecule has 0 aliphatic carbocycles. The lowest BCUT2D eigenvalue weighted by molar-refractivity contribution is 0.198. The van der Waals surface area contributed by atoms with Crippen LogP contribution >= 0.6 is 0 Å². The largest absolute Gasteiger partial charge is 0.447 e. The Hall–Kier alpha value is -0.890. The third kappa shape index (κ3) is 7.08. The highest BCUT2D eigenvalue weighted by atomic mass is 32.2. The van der Waals surface area contributed by atoms with E-state index in [9.17, 15) is 8.42 Å². The summed E-state index contributed by atoms with van der Waals surface area (Å²) in [4.78, 5) is 0. The normalized spacial score (nSPS) is 12.2. The third-order valence-electron chi connectivity index (χ3n) is 2.93. The summed E-state index contributed by atoms with van der Waals surface area (Å²) in [6.45, 7) is 6.43. The number of furan rings is 1. The molecule has 1 aromatic rings. The van der Waals surface area contributed by atoms with E-state index in [-0.39, 0.29) is 5.09 Å². The number of ether oxygens (including phenoxy) is 1. The van der Waals surface area contributed by atoms with Crippen LogP contribution in [-0.2, 0) is 21.3 Å². The lowest BCUT2D eigenvalue weighted by Crippen LogP contribution is -2.24. The molecule has 21 heavy (non-hydrogen) atoms. The van der Waals surface area contributed by atoms with Crippen molar-refractivity contribution >= 4 is 10.0 Å². The van der Waals surface area contributed by atoms with E-state index < -0.39 is 10.0 Å². The van der Waals surface area contributed by atoms with Crippen molar-refractivity contribution in [2.24, 2.45) is 5.92 Å². The number of methoxy groups -OCH3 is 1. The molecule has 1 heterocycles. The molecular formula is C14H26N2O4S. The molecule has 6 nitrogen and oxygen atoms in total. The zero-order valence-electron chi connectivity index (χ0n) is 13.0. The van der Waals surface area contributed by atoms with Gasteiger partial charge in [0.25, 0.3) is 10.0 Å². The van der Waals surface area contributed by atoms with Crippen LogP contribution in [0.15, 0.2) is 21.6 Å². The molecule has 0 bridgehead atoms. The van der Waals surface area contributed by atoms with Gasteiger partial charge in [0.1, 0.15) is 5.76 Å².